The fourth-order valence-electron chi connectivity index (χ4n) is 4.08. The van der Waals surface area contributed by atoms with Gasteiger partial charge in [-0.1, -0.05) is 37.3 Å². The Labute approximate surface area is 125 Å². The molecule has 0 aromatic heterocycles. The third kappa shape index (κ3) is 1.89. The van der Waals surface area contributed by atoms with Gasteiger partial charge in [0, 0.05) is 25.2 Å². The molecule has 1 aromatic carbocycles. The molecule has 4 aliphatic rings. The number of quaternary nitrogens is 1. The summed E-state index contributed by atoms with van der Waals surface area (Å²) in [5, 5.41) is 1.88. The number of allylic oxidation sites excluding steroid dienone is 1. The molecule has 110 valence electrons. The summed E-state index contributed by atoms with van der Waals surface area (Å²) < 4.78 is 0. The van der Waals surface area contributed by atoms with Gasteiger partial charge in [-0.25, -0.2) is 5.01 Å². The van der Waals surface area contributed by atoms with E-state index in [0.29, 0.717) is 12.3 Å². The van der Waals surface area contributed by atoms with Crippen LogP contribution in [0, 0.1) is 5.92 Å². The number of amides is 1. The molecule has 4 nitrogen and oxygen atoms in total. The van der Waals surface area contributed by atoms with Crippen molar-refractivity contribution in [2.24, 2.45) is 5.92 Å². The summed E-state index contributed by atoms with van der Waals surface area (Å²) in [6, 6.07) is 10.5. The predicted octanol–water partition coefficient (Wildman–Crippen LogP) is 1.00. The first-order valence-electron chi connectivity index (χ1n) is 8.02. The van der Waals surface area contributed by atoms with Crippen molar-refractivity contribution >= 4 is 5.91 Å². The summed E-state index contributed by atoms with van der Waals surface area (Å²) in [5.41, 5.74) is 7.44. The topological polar surface area (TPSA) is 36.8 Å². The van der Waals surface area contributed by atoms with Crippen LogP contribution in [-0.4, -0.2) is 24.0 Å². The van der Waals surface area contributed by atoms with E-state index in [1.807, 2.05) is 18.0 Å². The van der Waals surface area contributed by atoms with Crippen LogP contribution in [0.2, 0.25) is 0 Å². The van der Waals surface area contributed by atoms with E-state index >= 15 is 0 Å². The summed E-state index contributed by atoms with van der Waals surface area (Å²) in [6.45, 7) is 4.36. The molecular formula is C17H22N3O+. The molecule has 2 bridgehead atoms. The summed E-state index contributed by atoms with van der Waals surface area (Å²) in [7, 11) is 0. The molecule has 1 saturated heterocycles. The molecule has 2 N–H and O–H groups in total. The maximum Gasteiger partial charge on any atom is 0.241 e. The molecule has 1 atom stereocenters. The highest BCUT2D eigenvalue weighted by Crippen LogP contribution is 2.39. The molecule has 5 rings (SSSR count). The molecule has 4 heteroatoms. The number of hydrogen-bond acceptors (Lipinski definition) is 2. The van der Waals surface area contributed by atoms with Crippen LogP contribution in [0.4, 0.5) is 0 Å². The van der Waals surface area contributed by atoms with E-state index in [4.69, 9.17) is 0 Å². The molecule has 21 heavy (non-hydrogen) atoms. The maximum atomic E-state index is 12.4. The standard InChI is InChI=1S/C17H21N3O/c1-2-14(21)20-16(13-6-4-3-5-7-13)17-15(18-20)12-8-10-19(17)11-9-12/h3-7,12,16,18H,2,8-11H2,1H3/p+1. The van der Waals surface area contributed by atoms with Crippen LogP contribution in [0.15, 0.2) is 41.7 Å². The average molecular weight is 284 g/mol. The number of nitrogens with one attached hydrogen (secondary N) is 2. The summed E-state index contributed by atoms with van der Waals surface area (Å²) in [5.74, 6) is 0.802. The number of rotatable bonds is 2. The monoisotopic (exact) mass is 284 g/mol. The van der Waals surface area contributed by atoms with Gasteiger partial charge < -0.3 is 4.90 Å². The second kappa shape index (κ2) is 4.88. The van der Waals surface area contributed by atoms with E-state index < -0.39 is 0 Å². The summed E-state index contributed by atoms with van der Waals surface area (Å²) >= 11 is 0. The van der Waals surface area contributed by atoms with E-state index in [2.05, 4.69) is 29.7 Å². The van der Waals surface area contributed by atoms with Gasteiger partial charge >= 0.3 is 0 Å². The molecule has 1 amide bonds. The van der Waals surface area contributed by atoms with Crippen molar-refractivity contribution < 1.29 is 9.69 Å². The average Bonchev–Trinajstić information content (AvgIpc) is 2.98. The largest absolute Gasteiger partial charge is 0.302 e. The second-order valence-corrected chi connectivity index (χ2v) is 6.25. The van der Waals surface area contributed by atoms with Gasteiger partial charge in [0.1, 0.15) is 0 Å². The van der Waals surface area contributed by atoms with Gasteiger partial charge in [-0.3, -0.25) is 10.2 Å². The molecule has 1 fully saturated rings. The number of carbonyl (C=O) groups is 1. The van der Waals surface area contributed by atoms with Gasteiger partial charge in [-0.2, -0.15) is 0 Å². The minimum atomic E-state index is 0.0757. The zero-order valence-corrected chi connectivity index (χ0v) is 12.4. The van der Waals surface area contributed by atoms with E-state index in [9.17, 15) is 4.79 Å². The van der Waals surface area contributed by atoms with Gasteiger partial charge in [0.25, 0.3) is 0 Å². The normalized spacial score (nSPS) is 30.3. The first-order valence-corrected chi connectivity index (χ1v) is 8.02. The van der Waals surface area contributed by atoms with Crippen molar-refractivity contribution in [1.82, 2.24) is 10.4 Å². The number of carbonyl (C=O) groups excluding carboxylic acids is 1. The molecule has 4 heterocycles. The number of hydrogen-bond donors (Lipinski definition) is 2. The van der Waals surface area contributed by atoms with E-state index in [1.165, 1.54) is 42.9 Å². The van der Waals surface area contributed by atoms with E-state index in [0.717, 1.165) is 0 Å². The van der Waals surface area contributed by atoms with Crippen LogP contribution in [0.3, 0.4) is 0 Å². The highest BCUT2D eigenvalue weighted by molar-refractivity contribution is 5.77. The van der Waals surface area contributed by atoms with Crippen LogP contribution in [-0.2, 0) is 4.79 Å². The first-order chi connectivity index (χ1) is 10.3. The van der Waals surface area contributed by atoms with Gasteiger partial charge in [0.15, 0.2) is 11.7 Å². The Hall–Kier alpha value is -1.81. The Balaban J connectivity index is 1.80. The molecule has 0 spiro atoms. The predicted molar refractivity (Wildman–Crippen MR) is 79.9 cm³/mol. The van der Waals surface area contributed by atoms with Crippen LogP contribution in [0.25, 0.3) is 0 Å². The fraction of sp³-hybridized carbons (Fsp3) is 0.471. The molecule has 0 saturated carbocycles. The van der Waals surface area contributed by atoms with Gasteiger partial charge in [0.05, 0.1) is 18.8 Å². The quantitative estimate of drug-likeness (QED) is 0.850. The van der Waals surface area contributed by atoms with E-state index in [1.54, 1.807) is 4.90 Å². The number of benzene rings is 1. The SMILES string of the molecule is CCC(=O)N1NC2=C(C1c1ccccc1)[NH+]1CCC2CC1. The van der Waals surface area contributed by atoms with Crippen LogP contribution >= 0.6 is 0 Å². The molecule has 0 aliphatic carbocycles. The Morgan fingerprint density at radius 2 is 2.00 bits per heavy atom. The highest BCUT2D eigenvalue weighted by atomic mass is 16.2. The van der Waals surface area contributed by atoms with Crippen molar-refractivity contribution in [1.29, 1.82) is 0 Å². The van der Waals surface area contributed by atoms with Gasteiger partial charge in [-0.05, 0) is 5.56 Å². The third-order valence-corrected chi connectivity index (χ3v) is 5.13. The van der Waals surface area contributed by atoms with Gasteiger partial charge in [-0.15, -0.1) is 0 Å². The lowest BCUT2D eigenvalue weighted by Crippen LogP contribution is -3.13. The van der Waals surface area contributed by atoms with Crippen molar-refractivity contribution in [3.05, 3.63) is 47.3 Å². The molecule has 1 unspecified atom stereocenters. The minimum Gasteiger partial charge on any atom is -0.302 e. The number of nitrogens with zero attached hydrogens (tertiary/aromatic N) is 1. The fourth-order valence-corrected chi connectivity index (χ4v) is 4.08. The zero-order valence-electron chi connectivity index (χ0n) is 12.4. The van der Waals surface area contributed by atoms with Crippen molar-refractivity contribution in [2.75, 3.05) is 13.1 Å². The molecule has 4 aliphatic heterocycles. The number of piperidine rings is 1. The zero-order chi connectivity index (χ0) is 14.4. The van der Waals surface area contributed by atoms with E-state index in [-0.39, 0.29) is 11.9 Å². The van der Waals surface area contributed by atoms with Crippen LogP contribution in [0.1, 0.15) is 37.8 Å². The molecule has 1 aromatic rings. The Kier molecular flexibility index (Phi) is 3.00. The third-order valence-electron chi connectivity index (χ3n) is 5.13. The lowest BCUT2D eigenvalue weighted by Gasteiger charge is -2.36. The molecule has 0 radical (unpaired) electrons. The van der Waals surface area contributed by atoms with Crippen molar-refractivity contribution in [3.63, 3.8) is 0 Å². The van der Waals surface area contributed by atoms with Crippen LogP contribution < -0.4 is 10.3 Å². The maximum absolute atomic E-state index is 12.4. The second-order valence-electron chi connectivity index (χ2n) is 6.25. The summed E-state index contributed by atoms with van der Waals surface area (Å²) in [4.78, 5) is 14.0. The highest BCUT2D eigenvalue weighted by Gasteiger charge is 2.49. The molecular weight excluding hydrogens is 262 g/mol. The smallest absolute Gasteiger partial charge is 0.241 e. The Morgan fingerprint density at radius 1 is 1.29 bits per heavy atom. The lowest BCUT2D eigenvalue weighted by molar-refractivity contribution is -0.875. The number of fused-ring (bicyclic) bond motifs is 2. The summed E-state index contributed by atoms with van der Waals surface area (Å²) in [6.07, 6.45) is 3.03. The van der Waals surface area contributed by atoms with Gasteiger partial charge in [0.2, 0.25) is 5.91 Å². The first kappa shape index (κ1) is 12.9. The minimum absolute atomic E-state index is 0.0757. The van der Waals surface area contributed by atoms with Crippen LogP contribution in [0.5, 0.6) is 0 Å². The van der Waals surface area contributed by atoms with Crippen molar-refractivity contribution in [2.45, 2.75) is 32.2 Å². The number of hydrazine groups is 1. The Bertz CT molecular complexity index is 587. The Morgan fingerprint density at radius 3 is 2.67 bits per heavy atom. The van der Waals surface area contributed by atoms with Crippen molar-refractivity contribution in [3.8, 4) is 0 Å². The lowest BCUT2D eigenvalue weighted by atomic mass is 9.85.